The van der Waals surface area contributed by atoms with E-state index in [1.165, 1.54) is 13.3 Å². The molecule has 0 amide bonds. The lowest BCUT2D eigenvalue weighted by Gasteiger charge is -2.13. The molecule has 80 valence electrons. The summed E-state index contributed by atoms with van der Waals surface area (Å²) in [6.07, 6.45) is 4.11. The first kappa shape index (κ1) is 9.76. The molecule has 0 radical (unpaired) electrons. The summed E-state index contributed by atoms with van der Waals surface area (Å²) >= 11 is 0. The molecule has 0 fully saturated rings. The second-order valence-electron chi connectivity index (χ2n) is 3.44. The SMILES string of the molecule is CON=C1CCCc2[nH]cc(C(=O)O)c21. The van der Waals surface area contributed by atoms with Gasteiger partial charge in [-0.3, -0.25) is 0 Å². The number of rotatable bonds is 2. The smallest absolute Gasteiger partial charge is 0.337 e. The van der Waals surface area contributed by atoms with Gasteiger partial charge in [-0.2, -0.15) is 0 Å². The van der Waals surface area contributed by atoms with Crippen molar-refractivity contribution in [2.24, 2.45) is 5.16 Å². The first-order chi connectivity index (χ1) is 7.24. The van der Waals surface area contributed by atoms with Gasteiger partial charge in [-0.05, 0) is 19.3 Å². The number of aromatic nitrogens is 1. The molecule has 0 unspecified atom stereocenters. The lowest BCUT2D eigenvalue weighted by molar-refractivity contribution is 0.0697. The van der Waals surface area contributed by atoms with E-state index in [0.717, 1.165) is 30.7 Å². The normalized spacial score (nSPS) is 17.5. The fraction of sp³-hybridized carbons (Fsp3) is 0.400. The van der Waals surface area contributed by atoms with Gasteiger partial charge in [0, 0.05) is 17.5 Å². The number of aromatic amines is 1. The first-order valence-corrected chi connectivity index (χ1v) is 4.78. The average Bonchev–Trinajstić information content (AvgIpc) is 2.62. The van der Waals surface area contributed by atoms with E-state index < -0.39 is 5.97 Å². The van der Waals surface area contributed by atoms with E-state index in [0.29, 0.717) is 5.56 Å². The summed E-state index contributed by atoms with van der Waals surface area (Å²) in [6.45, 7) is 0. The highest BCUT2D eigenvalue weighted by Crippen LogP contribution is 2.24. The van der Waals surface area contributed by atoms with Crippen molar-refractivity contribution in [3.05, 3.63) is 23.0 Å². The Kier molecular flexibility index (Phi) is 2.45. The van der Waals surface area contributed by atoms with E-state index >= 15 is 0 Å². The van der Waals surface area contributed by atoms with Gasteiger partial charge >= 0.3 is 5.97 Å². The molecule has 5 nitrogen and oxygen atoms in total. The Morgan fingerprint density at radius 2 is 2.40 bits per heavy atom. The minimum Gasteiger partial charge on any atom is -0.478 e. The molecule has 0 aliphatic heterocycles. The van der Waals surface area contributed by atoms with Crippen molar-refractivity contribution in [3.63, 3.8) is 0 Å². The molecule has 1 heterocycles. The molecular weight excluding hydrogens is 196 g/mol. The van der Waals surface area contributed by atoms with Gasteiger partial charge < -0.3 is 14.9 Å². The van der Waals surface area contributed by atoms with Crippen molar-refractivity contribution in [2.45, 2.75) is 19.3 Å². The van der Waals surface area contributed by atoms with Gasteiger partial charge in [-0.1, -0.05) is 5.16 Å². The van der Waals surface area contributed by atoms with Gasteiger partial charge in [0.05, 0.1) is 11.3 Å². The molecule has 1 aromatic rings. The zero-order chi connectivity index (χ0) is 10.8. The Hall–Kier alpha value is -1.78. The molecule has 0 saturated heterocycles. The number of fused-ring (bicyclic) bond motifs is 1. The van der Waals surface area contributed by atoms with Crippen LogP contribution >= 0.6 is 0 Å². The number of aryl methyl sites for hydroxylation is 1. The summed E-state index contributed by atoms with van der Waals surface area (Å²) < 4.78 is 0. The van der Waals surface area contributed by atoms with Crippen molar-refractivity contribution < 1.29 is 14.7 Å². The monoisotopic (exact) mass is 208 g/mol. The van der Waals surface area contributed by atoms with Crippen LogP contribution in [0, 0.1) is 0 Å². The third kappa shape index (κ3) is 1.60. The molecular formula is C10H12N2O3. The van der Waals surface area contributed by atoms with Crippen LogP contribution in [0.25, 0.3) is 0 Å². The fourth-order valence-corrected chi connectivity index (χ4v) is 1.92. The maximum atomic E-state index is 11.0. The number of carbonyl (C=O) groups is 1. The summed E-state index contributed by atoms with van der Waals surface area (Å²) in [5.74, 6) is -0.932. The third-order valence-electron chi connectivity index (χ3n) is 2.52. The molecule has 2 N–H and O–H groups in total. The minimum absolute atomic E-state index is 0.278. The average molecular weight is 208 g/mol. The van der Waals surface area contributed by atoms with Crippen LogP contribution in [-0.4, -0.2) is 28.9 Å². The Morgan fingerprint density at radius 3 is 3.07 bits per heavy atom. The molecule has 1 aromatic heterocycles. The molecule has 0 saturated carbocycles. The van der Waals surface area contributed by atoms with Gasteiger partial charge in [0.2, 0.25) is 0 Å². The van der Waals surface area contributed by atoms with Crippen molar-refractivity contribution in [3.8, 4) is 0 Å². The zero-order valence-corrected chi connectivity index (χ0v) is 8.41. The summed E-state index contributed by atoms with van der Waals surface area (Å²) in [7, 11) is 1.47. The predicted octanol–water partition coefficient (Wildman–Crippen LogP) is 1.40. The maximum absolute atomic E-state index is 11.0. The Bertz CT molecular complexity index is 420. The molecule has 0 atom stereocenters. The number of hydrogen-bond donors (Lipinski definition) is 2. The van der Waals surface area contributed by atoms with Crippen LogP contribution in [0.2, 0.25) is 0 Å². The van der Waals surface area contributed by atoms with E-state index in [2.05, 4.69) is 10.1 Å². The van der Waals surface area contributed by atoms with Crippen molar-refractivity contribution in [1.82, 2.24) is 4.98 Å². The number of aromatic carboxylic acids is 1. The van der Waals surface area contributed by atoms with Gasteiger partial charge in [-0.15, -0.1) is 0 Å². The molecule has 1 aliphatic rings. The standard InChI is InChI=1S/C10H12N2O3/c1-15-12-8-4-2-3-7-9(8)6(5-11-7)10(13)14/h5,11H,2-4H2,1H3,(H,13,14). The van der Waals surface area contributed by atoms with Crippen molar-refractivity contribution in [2.75, 3.05) is 7.11 Å². The van der Waals surface area contributed by atoms with Crippen LogP contribution in [0.4, 0.5) is 0 Å². The highest BCUT2D eigenvalue weighted by Gasteiger charge is 2.24. The number of carboxylic acid groups (broad SMARTS) is 1. The molecule has 5 heteroatoms. The summed E-state index contributed by atoms with van der Waals surface area (Å²) in [4.78, 5) is 18.7. The van der Waals surface area contributed by atoms with E-state index in [4.69, 9.17) is 9.94 Å². The molecule has 15 heavy (non-hydrogen) atoms. The second kappa shape index (κ2) is 3.76. The molecule has 0 spiro atoms. The van der Waals surface area contributed by atoms with Gasteiger partial charge in [0.25, 0.3) is 0 Å². The van der Waals surface area contributed by atoms with Gasteiger partial charge in [-0.25, -0.2) is 4.79 Å². The highest BCUT2D eigenvalue weighted by atomic mass is 16.6. The van der Waals surface area contributed by atoms with Crippen molar-refractivity contribution in [1.29, 1.82) is 0 Å². The van der Waals surface area contributed by atoms with E-state index in [1.54, 1.807) is 0 Å². The highest BCUT2D eigenvalue weighted by molar-refractivity contribution is 6.09. The van der Waals surface area contributed by atoms with Crippen LogP contribution in [0.15, 0.2) is 11.4 Å². The van der Waals surface area contributed by atoms with Crippen LogP contribution in [0.5, 0.6) is 0 Å². The second-order valence-corrected chi connectivity index (χ2v) is 3.44. The van der Waals surface area contributed by atoms with E-state index in [1.807, 2.05) is 0 Å². The Morgan fingerprint density at radius 1 is 1.60 bits per heavy atom. The fourth-order valence-electron chi connectivity index (χ4n) is 1.92. The van der Waals surface area contributed by atoms with Gasteiger partial charge in [0.1, 0.15) is 7.11 Å². The molecule has 0 aromatic carbocycles. The lowest BCUT2D eigenvalue weighted by Crippen LogP contribution is -2.14. The van der Waals surface area contributed by atoms with E-state index in [-0.39, 0.29) is 5.56 Å². The largest absolute Gasteiger partial charge is 0.478 e. The maximum Gasteiger partial charge on any atom is 0.337 e. The van der Waals surface area contributed by atoms with Crippen LogP contribution in [0.3, 0.4) is 0 Å². The first-order valence-electron chi connectivity index (χ1n) is 4.78. The van der Waals surface area contributed by atoms with E-state index in [9.17, 15) is 4.79 Å². The summed E-state index contributed by atoms with van der Waals surface area (Å²) in [5.41, 5.74) is 2.64. The quantitative estimate of drug-likeness (QED) is 0.721. The lowest BCUT2D eigenvalue weighted by atomic mass is 9.93. The Balaban J connectivity index is 2.52. The number of H-pyrrole nitrogens is 1. The topological polar surface area (TPSA) is 74.7 Å². The minimum atomic E-state index is -0.932. The number of hydrogen-bond acceptors (Lipinski definition) is 3. The molecule has 0 bridgehead atoms. The van der Waals surface area contributed by atoms with Gasteiger partial charge in [0.15, 0.2) is 0 Å². The third-order valence-corrected chi connectivity index (χ3v) is 2.52. The van der Waals surface area contributed by atoms with Crippen molar-refractivity contribution >= 4 is 11.7 Å². The predicted molar refractivity (Wildman–Crippen MR) is 54.2 cm³/mol. The number of nitrogens with zero attached hydrogens (tertiary/aromatic N) is 1. The number of nitrogens with one attached hydrogen (secondary N) is 1. The zero-order valence-electron chi connectivity index (χ0n) is 8.41. The molecule has 1 aliphatic carbocycles. The van der Waals surface area contributed by atoms with Crippen LogP contribution < -0.4 is 0 Å². The van der Waals surface area contributed by atoms with Crippen LogP contribution in [-0.2, 0) is 11.3 Å². The number of carboxylic acids is 1. The summed E-state index contributed by atoms with van der Waals surface area (Å²) in [6, 6.07) is 0. The molecule has 2 rings (SSSR count). The summed E-state index contributed by atoms with van der Waals surface area (Å²) in [5, 5.41) is 12.9. The number of oxime groups is 1. The van der Waals surface area contributed by atoms with Crippen LogP contribution in [0.1, 0.15) is 34.5 Å². The Labute approximate surface area is 86.7 Å².